The van der Waals surface area contributed by atoms with Crippen molar-refractivity contribution in [3.8, 4) is 0 Å². The van der Waals surface area contributed by atoms with Crippen LogP contribution in [0.1, 0.15) is 44.6 Å². The number of ether oxygens (including phenoxy) is 1. The van der Waals surface area contributed by atoms with Crippen molar-refractivity contribution in [2.75, 3.05) is 18.5 Å². The van der Waals surface area contributed by atoms with Crippen molar-refractivity contribution in [3.63, 3.8) is 0 Å². The number of pyridine rings is 1. The van der Waals surface area contributed by atoms with Crippen LogP contribution in [0, 0.1) is 5.82 Å². The monoisotopic (exact) mass is 330 g/mol. The van der Waals surface area contributed by atoms with Gasteiger partial charge in [0.2, 0.25) is 0 Å². The van der Waals surface area contributed by atoms with Gasteiger partial charge in [-0.15, -0.1) is 0 Å². The van der Waals surface area contributed by atoms with E-state index in [9.17, 15) is 9.18 Å². The average Bonchev–Trinajstić information content (AvgIpc) is 3.12. The highest BCUT2D eigenvalue weighted by molar-refractivity contribution is 5.83. The molecule has 4 rings (SSSR count). The molecule has 1 saturated heterocycles. The largest absolute Gasteiger partial charge is 0.380 e. The van der Waals surface area contributed by atoms with Gasteiger partial charge in [0.25, 0.3) is 0 Å². The van der Waals surface area contributed by atoms with Crippen molar-refractivity contribution in [1.29, 1.82) is 0 Å². The quantitative estimate of drug-likeness (QED) is 0.930. The highest BCUT2D eigenvalue weighted by Crippen LogP contribution is 2.28. The van der Waals surface area contributed by atoms with Crippen molar-refractivity contribution >= 4 is 16.6 Å². The predicted octanol–water partition coefficient (Wildman–Crippen LogP) is 3.85. The highest BCUT2D eigenvalue weighted by atomic mass is 19.1. The van der Waals surface area contributed by atoms with Gasteiger partial charge >= 0.3 is 0 Å². The summed E-state index contributed by atoms with van der Waals surface area (Å²) in [5.41, 5.74) is 1.16. The Hall–Kier alpha value is -1.88. The molecule has 2 heterocycles. The molecule has 5 heteroatoms. The number of fused-ring (bicyclic) bond motifs is 1. The van der Waals surface area contributed by atoms with E-state index in [0.717, 1.165) is 31.4 Å². The van der Waals surface area contributed by atoms with Gasteiger partial charge < -0.3 is 14.6 Å². The van der Waals surface area contributed by atoms with Crippen LogP contribution in [0.3, 0.4) is 0 Å². The minimum absolute atomic E-state index is 0.136. The zero-order valence-electron chi connectivity index (χ0n) is 13.8. The van der Waals surface area contributed by atoms with Crippen LogP contribution in [0.4, 0.5) is 10.1 Å². The van der Waals surface area contributed by atoms with Crippen LogP contribution in [0.5, 0.6) is 0 Å². The van der Waals surface area contributed by atoms with E-state index in [4.69, 9.17) is 4.74 Å². The molecule has 24 heavy (non-hydrogen) atoms. The molecule has 4 nitrogen and oxygen atoms in total. The first kappa shape index (κ1) is 15.6. The summed E-state index contributed by atoms with van der Waals surface area (Å²) >= 11 is 0. The van der Waals surface area contributed by atoms with E-state index < -0.39 is 0 Å². The first-order valence-corrected chi connectivity index (χ1v) is 8.91. The number of aromatic nitrogens is 1. The van der Waals surface area contributed by atoms with E-state index in [1.807, 2.05) is 6.20 Å². The third-order valence-corrected chi connectivity index (χ3v) is 5.28. The SMILES string of the molecule is O=c1ccn([C@H]2CCOC2)c2cc(NC3CCCCC3)c(F)cc12. The van der Waals surface area contributed by atoms with Gasteiger partial charge in [0.15, 0.2) is 5.43 Å². The summed E-state index contributed by atoms with van der Waals surface area (Å²) < 4.78 is 22.1. The molecule has 0 amide bonds. The minimum Gasteiger partial charge on any atom is -0.380 e. The Bertz CT molecular complexity index is 790. The van der Waals surface area contributed by atoms with Gasteiger partial charge in [0.1, 0.15) is 5.82 Å². The van der Waals surface area contributed by atoms with Crippen LogP contribution in [0.25, 0.3) is 10.9 Å². The molecule has 1 aromatic heterocycles. The fourth-order valence-corrected chi connectivity index (χ4v) is 3.93. The topological polar surface area (TPSA) is 43.3 Å². The lowest BCUT2D eigenvalue weighted by atomic mass is 9.95. The Labute approximate surface area is 140 Å². The third kappa shape index (κ3) is 2.93. The van der Waals surface area contributed by atoms with Gasteiger partial charge in [-0.25, -0.2) is 4.39 Å². The number of hydrogen-bond donors (Lipinski definition) is 1. The second-order valence-corrected chi connectivity index (χ2v) is 6.93. The van der Waals surface area contributed by atoms with Crippen molar-refractivity contribution < 1.29 is 9.13 Å². The van der Waals surface area contributed by atoms with Crippen molar-refractivity contribution in [2.24, 2.45) is 0 Å². The smallest absolute Gasteiger partial charge is 0.189 e. The van der Waals surface area contributed by atoms with Gasteiger partial charge in [-0.3, -0.25) is 4.79 Å². The maximum Gasteiger partial charge on any atom is 0.189 e. The van der Waals surface area contributed by atoms with E-state index in [1.54, 1.807) is 6.07 Å². The van der Waals surface area contributed by atoms with E-state index >= 15 is 0 Å². The maximum absolute atomic E-state index is 14.5. The molecule has 2 aromatic rings. The fraction of sp³-hybridized carbons (Fsp3) is 0.526. The van der Waals surface area contributed by atoms with Crippen molar-refractivity contribution in [2.45, 2.75) is 50.6 Å². The molecule has 128 valence electrons. The number of nitrogens with one attached hydrogen (secondary N) is 1. The Morgan fingerprint density at radius 3 is 2.75 bits per heavy atom. The lowest BCUT2D eigenvalue weighted by molar-refractivity contribution is 0.187. The molecule has 0 spiro atoms. The summed E-state index contributed by atoms with van der Waals surface area (Å²) in [7, 11) is 0. The lowest BCUT2D eigenvalue weighted by Crippen LogP contribution is -2.23. The summed E-state index contributed by atoms with van der Waals surface area (Å²) in [6, 6.07) is 5.24. The molecular formula is C19H23FN2O2. The Morgan fingerprint density at radius 2 is 2.00 bits per heavy atom. The number of hydrogen-bond acceptors (Lipinski definition) is 3. The molecule has 1 N–H and O–H groups in total. The molecule has 1 aliphatic carbocycles. The zero-order chi connectivity index (χ0) is 16.5. The lowest BCUT2D eigenvalue weighted by Gasteiger charge is -2.25. The van der Waals surface area contributed by atoms with E-state index in [-0.39, 0.29) is 17.3 Å². The molecule has 2 fully saturated rings. The first-order valence-electron chi connectivity index (χ1n) is 8.91. The maximum atomic E-state index is 14.5. The zero-order valence-corrected chi connectivity index (χ0v) is 13.8. The number of benzene rings is 1. The van der Waals surface area contributed by atoms with Crippen molar-refractivity contribution in [1.82, 2.24) is 4.57 Å². The Kier molecular flexibility index (Phi) is 4.27. The predicted molar refractivity (Wildman–Crippen MR) is 93.1 cm³/mol. The minimum atomic E-state index is -0.342. The summed E-state index contributed by atoms with van der Waals surface area (Å²) in [4.78, 5) is 12.2. The van der Waals surface area contributed by atoms with Crippen LogP contribution in [-0.2, 0) is 4.74 Å². The van der Waals surface area contributed by atoms with Crippen molar-refractivity contribution in [3.05, 3.63) is 40.4 Å². The Balaban J connectivity index is 1.76. The first-order chi connectivity index (χ1) is 11.7. The van der Waals surface area contributed by atoms with Crippen LogP contribution in [-0.4, -0.2) is 23.8 Å². The normalized spacial score (nSPS) is 22.1. The van der Waals surface area contributed by atoms with Crippen LogP contribution in [0.2, 0.25) is 0 Å². The molecule has 0 unspecified atom stereocenters. The van der Waals surface area contributed by atoms with E-state index in [0.29, 0.717) is 23.7 Å². The molecule has 1 atom stereocenters. The summed E-state index contributed by atoms with van der Waals surface area (Å²) in [6.07, 6.45) is 8.53. The summed E-state index contributed by atoms with van der Waals surface area (Å²) in [5.74, 6) is -0.342. The molecule has 1 saturated carbocycles. The fourth-order valence-electron chi connectivity index (χ4n) is 3.93. The number of rotatable bonds is 3. The van der Waals surface area contributed by atoms with Crippen LogP contribution in [0.15, 0.2) is 29.2 Å². The van der Waals surface area contributed by atoms with Crippen LogP contribution < -0.4 is 10.7 Å². The molecule has 0 radical (unpaired) electrons. The Morgan fingerprint density at radius 1 is 1.17 bits per heavy atom. The standard InChI is InChI=1S/C19H23FN2O2/c20-16-10-15-18(11-17(16)21-13-4-2-1-3-5-13)22(8-6-19(15)23)14-7-9-24-12-14/h6,8,10-11,13-14,21H,1-5,7,9,12H2/t14-/m0/s1. The second-order valence-electron chi connectivity index (χ2n) is 6.93. The van der Waals surface area contributed by atoms with Gasteiger partial charge in [-0.2, -0.15) is 0 Å². The van der Waals surface area contributed by atoms with Gasteiger partial charge in [0.05, 0.1) is 23.9 Å². The van der Waals surface area contributed by atoms with Gasteiger partial charge in [0, 0.05) is 30.3 Å². The van der Waals surface area contributed by atoms with Crippen LogP contribution >= 0.6 is 0 Å². The summed E-state index contributed by atoms with van der Waals surface area (Å²) in [6.45, 7) is 1.37. The van der Waals surface area contributed by atoms with E-state index in [2.05, 4.69) is 9.88 Å². The molecular weight excluding hydrogens is 307 g/mol. The highest BCUT2D eigenvalue weighted by Gasteiger charge is 2.21. The molecule has 1 aromatic carbocycles. The molecule has 1 aliphatic heterocycles. The summed E-state index contributed by atoms with van der Waals surface area (Å²) in [5, 5.41) is 3.80. The number of halogens is 1. The average molecular weight is 330 g/mol. The van der Waals surface area contributed by atoms with Gasteiger partial charge in [-0.1, -0.05) is 19.3 Å². The number of nitrogens with zero attached hydrogens (tertiary/aromatic N) is 1. The molecule has 2 aliphatic rings. The number of anilines is 1. The third-order valence-electron chi connectivity index (χ3n) is 5.28. The van der Waals surface area contributed by atoms with E-state index in [1.165, 1.54) is 31.4 Å². The second kappa shape index (κ2) is 6.55. The van der Waals surface area contributed by atoms with Gasteiger partial charge in [-0.05, 0) is 31.4 Å². The molecule has 0 bridgehead atoms.